The van der Waals surface area contributed by atoms with Gasteiger partial charge < -0.3 is 15.4 Å². The van der Waals surface area contributed by atoms with Crippen LogP contribution in [-0.2, 0) is 32.4 Å². The molecule has 1 aliphatic rings. The zero-order chi connectivity index (χ0) is 22.4. The van der Waals surface area contributed by atoms with Crippen molar-refractivity contribution in [1.82, 2.24) is 21.6 Å². The second-order valence-corrected chi connectivity index (χ2v) is 7.43. The summed E-state index contributed by atoms with van der Waals surface area (Å²) in [5, 5.41) is 5.75. The van der Waals surface area contributed by atoms with Crippen LogP contribution in [0, 0.1) is 0 Å². The summed E-state index contributed by atoms with van der Waals surface area (Å²) in [5.74, 6) is -0.236. The van der Waals surface area contributed by atoms with Crippen molar-refractivity contribution in [3.8, 4) is 0 Å². The fraction of sp³-hybridized carbons (Fsp3) is 0.391. The Morgan fingerprint density at radius 1 is 0.906 bits per heavy atom. The Balaban J connectivity index is 1.19. The lowest BCUT2D eigenvalue weighted by molar-refractivity contribution is -0.136. The highest BCUT2D eigenvalue weighted by atomic mass is 16.7. The van der Waals surface area contributed by atoms with Gasteiger partial charge in [0.1, 0.15) is 6.61 Å². The second kappa shape index (κ2) is 13.4. The molecule has 1 aliphatic heterocycles. The number of ether oxygens (including phenoxy) is 1. The van der Waals surface area contributed by atoms with Gasteiger partial charge in [-0.1, -0.05) is 60.7 Å². The van der Waals surface area contributed by atoms with Gasteiger partial charge in [0.05, 0.1) is 19.3 Å². The first-order chi connectivity index (χ1) is 15.7. The first kappa shape index (κ1) is 23.7. The van der Waals surface area contributed by atoms with Gasteiger partial charge in [-0.3, -0.25) is 14.5 Å². The molecule has 0 spiro atoms. The molecule has 2 unspecified atom stereocenters. The summed E-state index contributed by atoms with van der Waals surface area (Å²) in [6.45, 7) is 1.66. The van der Waals surface area contributed by atoms with Crippen molar-refractivity contribution in [2.24, 2.45) is 0 Å². The molecule has 2 amide bonds. The average Bonchev–Trinajstić information content (AvgIpc) is 2.84. The van der Waals surface area contributed by atoms with Crippen molar-refractivity contribution in [3.63, 3.8) is 0 Å². The van der Waals surface area contributed by atoms with Crippen LogP contribution in [0.4, 0.5) is 4.79 Å². The van der Waals surface area contributed by atoms with Gasteiger partial charge in [0.15, 0.2) is 0 Å². The normalized spacial score (nSPS) is 18.0. The zero-order valence-corrected chi connectivity index (χ0v) is 17.9. The first-order valence-electron chi connectivity index (χ1n) is 10.7. The van der Waals surface area contributed by atoms with Crippen LogP contribution in [0.1, 0.15) is 24.0 Å². The molecule has 9 heteroatoms. The largest absolute Gasteiger partial charge is 0.445 e. The number of benzene rings is 2. The number of hydrogen-bond acceptors (Lipinski definition) is 7. The van der Waals surface area contributed by atoms with Crippen LogP contribution in [0.5, 0.6) is 0 Å². The molecule has 3 rings (SSSR count). The Morgan fingerprint density at radius 2 is 1.59 bits per heavy atom. The third-order valence-corrected chi connectivity index (χ3v) is 4.92. The van der Waals surface area contributed by atoms with Crippen molar-refractivity contribution in [3.05, 3.63) is 71.8 Å². The lowest BCUT2D eigenvalue weighted by atomic mass is 10.0. The molecule has 0 bridgehead atoms. The number of carbonyl (C=O) groups excluding carboxylic acids is 2. The van der Waals surface area contributed by atoms with E-state index in [9.17, 15) is 9.59 Å². The van der Waals surface area contributed by atoms with Crippen LogP contribution in [0.2, 0.25) is 0 Å². The summed E-state index contributed by atoms with van der Waals surface area (Å²) < 4.78 is 5.09. The third kappa shape index (κ3) is 8.64. The van der Waals surface area contributed by atoms with E-state index in [1.807, 2.05) is 60.7 Å². The fourth-order valence-corrected chi connectivity index (χ4v) is 3.17. The number of hydroxylamine groups is 2. The lowest BCUT2D eigenvalue weighted by Gasteiger charge is -2.29. The van der Waals surface area contributed by atoms with E-state index in [0.29, 0.717) is 19.6 Å². The standard InChI is InChI=1S/C23H30N4O5/c28-22(27-31-14-13-24-23(29)30-16-18-7-3-1-4-8-18)21-12-11-20(15-25-21)26-32-17-19-9-5-2-6-10-19/h1-10,20-21,25-26H,11-17H2,(H,24,29)(H,27,28). The maximum absolute atomic E-state index is 12.2. The smallest absolute Gasteiger partial charge is 0.407 e. The van der Waals surface area contributed by atoms with Crippen molar-refractivity contribution in [1.29, 1.82) is 0 Å². The summed E-state index contributed by atoms with van der Waals surface area (Å²) in [6.07, 6.45) is 0.922. The van der Waals surface area contributed by atoms with Crippen LogP contribution >= 0.6 is 0 Å². The molecule has 0 aromatic heterocycles. The maximum atomic E-state index is 12.2. The Morgan fingerprint density at radius 3 is 2.25 bits per heavy atom. The number of amides is 2. The van der Waals surface area contributed by atoms with E-state index < -0.39 is 6.09 Å². The SMILES string of the molecule is O=C(NCCONC(=O)C1CCC(NOCc2ccccc2)CN1)OCc1ccccc1. The first-order valence-corrected chi connectivity index (χ1v) is 10.7. The van der Waals surface area contributed by atoms with E-state index in [2.05, 4.69) is 21.6 Å². The minimum Gasteiger partial charge on any atom is -0.445 e. The van der Waals surface area contributed by atoms with Gasteiger partial charge in [0.2, 0.25) is 0 Å². The molecule has 2 atom stereocenters. The van der Waals surface area contributed by atoms with Crippen molar-refractivity contribution >= 4 is 12.0 Å². The van der Waals surface area contributed by atoms with Crippen LogP contribution in [0.25, 0.3) is 0 Å². The number of alkyl carbamates (subject to hydrolysis) is 1. The summed E-state index contributed by atoms with van der Waals surface area (Å²) in [7, 11) is 0. The van der Waals surface area contributed by atoms with Gasteiger partial charge in [-0.15, -0.1) is 0 Å². The van der Waals surface area contributed by atoms with Gasteiger partial charge in [-0.2, -0.15) is 5.48 Å². The molecular weight excluding hydrogens is 412 g/mol. The minimum atomic E-state index is -0.536. The van der Waals surface area contributed by atoms with Gasteiger partial charge in [-0.25, -0.2) is 10.3 Å². The molecule has 0 saturated carbocycles. The number of piperidine rings is 1. The molecular formula is C23H30N4O5. The summed E-state index contributed by atoms with van der Waals surface area (Å²) in [4.78, 5) is 34.5. The van der Waals surface area contributed by atoms with E-state index in [1.165, 1.54) is 0 Å². The monoisotopic (exact) mass is 442 g/mol. The van der Waals surface area contributed by atoms with E-state index in [1.54, 1.807) is 0 Å². The highest BCUT2D eigenvalue weighted by molar-refractivity contribution is 5.80. The fourth-order valence-electron chi connectivity index (χ4n) is 3.17. The molecule has 1 fully saturated rings. The van der Waals surface area contributed by atoms with Crippen LogP contribution < -0.4 is 21.6 Å². The number of hydrogen-bond donors (Lipinski definition) is 4. The molecule has 0 aliphatic carbocycles. The van der Waals surface area contributed by atoms with Crippen LogP contribution in [0.15, 0.2) is 60.7 Å². The van der Waals surface area contributed by atoms with E-state index in [-0.39, 0.29) is 37.7 Å². The van der Waals surface area contributed by atoms with Gasteiger partial charge in [0, 0.05) is 19.1 Å². The molecule has 32 heavy (non-hydrogen) atoms. The van der Waals surface area contributed by atoms with E-state index in [4.69, 9.17) is 14.4 Å². The molecule has 2 aromatic carbocycles. The number of nitrogens with one attached hydrogen (secondary N) is 4. The summed E-state index contributed by atoms with van der Waals surface area (Å²) in [5.41, 5.74) is 7.46. The van der Waals surface area contributed by atoms with Crippen LogP contribution in [-0.4, -0.2) is 43.8 Å². The predicted molar refractivity (Wildman–Crippen MR) is 118 cm³/mol. The van der Waals surface area contributed by atoms with Gasteiger partial charge in [0.25, 0.3) is 5.91 Å². The Kier molecular flexibility index (Phi) is 9.94. The molecule has 9 nitrogen and oxygen atoms in total. The number of carbonyl (C=O) groups is 2. The molecule has 0 radical (unpaired) electrons. The number of rotatable bonds is 11. The molecule has 2 aromatic rings. The maximum Gasteiger partial charge on any atom is 0.407 e. The molecule has 1 saturated heterocycles. The van der Waals surface area contributed by atoms with Crippen molar-refractivity contribution in [2.45, 2.75) is 38.1 Å². The third-order valence-electron chi connectivity index (χ3n) is 4.92. The Bertz CT molecular complexity index is 814. The van der Waals surface area contributed by atoms with Gasteiger partial charge >= 0.3 is 6.09 Å². The highest BCUT2D eigenvalue weighted by Gasteiger charge is 2.25. The Hall–Kier alpha value is -2.98. The topological polar surface area (TPSA) is 110 Å². The summed E-state index contributed by atoms with van der Waals surface area (Å²) in [6, 6.07) is 19.1. The predicted octanol–water partition coefficient (Wildman–Crippen LogP) is 1.80. The van der Waals surface area contributed by atoms with Crippen molar-refractivity contribution < 1.29 is 24.0 Å². The molecule has 172 valence electrons. The zero-order valence-electron chi connectivity index (χ0n) is 17.9. The minimum absolute atomic E-state index is 0.134. The van der Waals surface area contributed by atoms with E-state index in [0.717, 1.165) is 17.5 Å². The van der Waals surface area contributed by atoms with Crippen LogP contribution in [0.3, 0.4) is 0 Å². The van der Waals surface area contributed by atoms with E-state index >= 15 is 0 Å². The molecule has 4 N–H and O–H groups in total. The Labute approximate surface area is 187 Å². The average molecular weight is 443 g/mol. The van der Waals surface area contributed by atoms with Gasteiger partial charge in [-0.05, 0) is 24.0 Å². The lowest BCUT2D eigenvalue weighted by Crippen LogP contribution is -2.53. The second-order valence-electron chi connectivity index (χ2n) is 7.43. The summed E-state index contributed by atoms with van der Waals surface area (Å²) >= 11 is 0. The van der Waals surface area contributed by atoms with Crippen molar-refractivity contribution in [2.75, 3.05) is 19.7 Å². The highest BCUT2D eigenvalue weighted by Crippen LogP contribution is 2.09. The quantitative estimate of drug-likeness (QED) is 0.310. The molecule has 1 heterocycles.